The summed E-state index contributed by atoms with van der Waals surface area (Å²) in [6.45, 7) is 2.21. The molecule has 2 aliphatic rings. The monoisotopic (exact) mass is 706 g/mol. The zero-order chi connectivity index (χ0) is 36.1. The number of rotatable bonds is 27. The molecule has 0 aromatic rings. The van der Waals surface area contributed by atoms with Crippen molar-refractivity contribution in [2.75, 3.05) is 19.8 Å². The van der Waals surface area contributed by atoms with Gasteiger partial charge in [-0.3, -0.25) is 9.59 Å². The van der Waals surface area contributed by atoms with E-state index in [1.165, 1.54) is 51.4 Å². The molecule has 2 aliphatic heterocycles. The lowest BCUT2D eigenvalue weighted by Crippen LogP contribution is -2.63. The molecule has 13 heteroatoms. The van der Waals surface area contributed by atoms with Crippen LogP contribution in [0.1, 0.15) is 142 Å². The molecule has 288 valence electrons. The van der Waals surface area contributed by atoms with E-state index >= 15 is 0 Å². The van der Waals surface area contributed by atoms with Gasteiger partial charge in [-0.25, -0.2) is 0 Å². The molecule has 2 saturated heterocycles. The van der Waals surface area contributed by atoms with Crippen LogP contribution < -0.4 is 0 Å². The van der Waals surface area contributed by atoms with Gasteiger partial charge in [-0.1, -0.05) is 117 Å². The lowest BCUT2D eigenvalue weighted by Gasteiger charge is -2.43. The number of esters is 2. The molecule has 2 fully saturated rings. The van der Waals surface area contributed by atoms with Crippen molar-refractivity contribution >= 4 is 11.9 Å². The Morgan fingerprint density at radius 2 is 1.06 bits per heavy atom. The van der Waals surface area contributed by atoms with Crippen molar-refractivity contribution in [2.24, 2.45) is 0 Å². The predicted octanol–water partition coefficient (Wildman–Crippen LogP) is 3.55. The molecule has 0 aromatic carbocycles. The quantitative estimate of drug-likeness (QED) is 0.0536. The third-order valence-electron chi connectivity index (χ3n) is 9.48. The van der Waals surface area contributed by atoms with Crippen LogP contribution in [0.3, 0.4) is 0 Å². The van der Waals surface area contributed by atoms with Crippen LogP contribution in [0.15, 0.2) is 0 Å². The molecule has 0 radical (unpaired) electrons. The second-order valence-electron chi connectivity index (χ2n) is 13.7. The van der Waals surface area contributed by atoms with Crippen molar-refractivity contribution in [3.8, 4) is 0 Å². The second-order valence-corrected chi connectivity index (χ2v) is 13.7. The van der Waals surface area contributed by atoms with Crippen LogP contribution in [-0.4, -0.2) is 117 Å². The molecule has 6 N–H and O–H groups in total. The fourth-order valence-electron chi connectivity index (χ4n) is 6.37. The summed E-state index contributed by atoms with van der Waals surface area (Å²) in [5, 5.41) is 62.0. The average molecular weight is 707 g/mol. The highest BCUT2D eigenvalue weighted by Gasteiger charge is 2.61. The maximum atomic E-state index is 13.0. The number of hydrogen-bond donors (Lipinski definition) is 6. The van der Waals surface area contributed by atoms with Crippen molar-refractivity contribution in [1.29, 1.82) is 0 Å². The van der Waals surface area contributed by atoms with Crippen LogP contribution in [0, 0.1) is 0 Å². The van der Waals surface area contributed by atoms with Gasteiger partial charge in [-0.05, 0) is 12.8 Å². The van der Waals surface area contributed by atoms with Gasteiger partial charge in [0.2, 0.25) is 5.79 Å². The van der Waals surface area contributed by atoms with Crippen LogP contribution in [-0.2, 0) is 33.3 Å². The van der Waals surface area contributed by atoms with E-state index < -0.39 is 86.6 Å². The summed E-state index contributed by atoms with van der Waals surface area (Å²) in [6.07, 6.45) is 6.12. The third kappa shape index (κ3) is 15.0. The van der Waals surface area contributed by atoms with E-state index in [4.69, 9.17) is 23.7 Å². The molecule has 13 nitrogen and oxygen atoms in total. The standard InChI is InChI=1S/C36H66O13/c1-3-5-7-9-11-13-15-17-19-21-28(39)45-25-36(49-35-33(44)32(43)30(41)26(23-37)46-35)34(31(42)27(24-38)48-36)47-29(40)22-20-18-16-14-12-10-8-6-4-2/h26-27,30-35,37-38,41-44H,3-25H2,1-2H3. The Labute approximate surface area is 292 Å². The lowest BCUT2D eigenvalue weighted by molar-refractivity contribution is -0.384. The molecule has 9 atom stereocenters. The van der Waals surface area contributed by atoms with E-state index in [0.717, 1.165) is 51.4 Å². The molecule has 0 aromatic heterocycles. The average Bonchev–Trinajstić information content (AvgIpc) is 3.35. The van der Waals surface area contributed by atoms with Crippen LogP contribution in [0.2, 0.25) is 0 Å². The minimum atomic E-state index is -2.26. The summed E-state index contributed by atoms with van der Waals surface area (Å²) in [7, 11) is 0. The maximum Gasteiger partial charge on any atom is 0.306 e. The number of ether oxygens (including phenoxy) is 5. The molecule has 0 amide bonds. The molecule has 0 bridgehead atoms. The molecule has 0 spiro atoms. The first-order valence-electron chi connectivity index (χ1n) is 18.9. The SMILES string of the molecule is CCCCCCCCCCCC(=O)OCC1(OC2OC(CO)C(O)C(O)C2O)OC(CO)C(O)C1OC(=O)CCCCCCCCCCC. The Hall–Kier alpha value is -1.42. The molecule has 49 heavy (non-hydrogen) atoms. The smallest absolute Gasteiger partial charge is 0.306 e. The van der Waals surface area contributed by atoms with E-state index in [1.807, 2.05) is 0 Å². The lowest BCUT2D eigenvalue weighted by atomic mass is 9.99. The zero-order valence-electron chi connectivity index (χ0n) is 29.9. The Bertz CT molecular complexity index is 889. The summed E-state index contributed by atoms with van der Waals surface area (Å²) in [5.74, 6) is -3.52. The van der Waals surface area contributed by atoms with Gasteiger partial charge in [-0.2, -0.15) is 0 Å². The van der Waals surface area contributed by atoms with Gasteiger partial charge < -0.3 is 54.3 Å². The highest BCUT2D eigenvalue weighted by Crippen LogP contribution is 2.39. The number of aliphatic hydroxyl groups is 6. The number of unbranched alkanes of at least 4 members (excludes halogenated alkanes) is 16. The fraction of sp³-hybridized carbons (Fsp3) is 0.944. The molecular formula is C36H66O13. The van der Waals surface area contributed by atoms with E-state index in [9.17, 15) is 40.2 Å². The van der Waals surface area contributed by atoms with Crippen molar-refractivity contribution < 1.29 is 63.9 Å². The highest BCUT2D eigenvalue weighted by atomic mass is 16.8. The van der Waals surface area contributed by atoms with Gasteiger partial charge in [0.1, 0.15) is 43.2 Å². The summed E-state index contributed by atoms with van der Waals surface area (Å²) in [4.78, 5) is 25.8. The van der Waals surface area contributed by atoms with Crippen molar-refractivity contribution in [1.82, 2.24) is 0 Å². The number of hydrogen-bond acceptors (Lipinski definition) is 13. The van der Waals surface area contributed by atoms with Crippen LogP contribution in [0.4, 0.5) is 0 Å². The van der Waals surface area contributed by atoms with Crippen LogP contribution in [0.5, 0.6) is 0 Å². The van der Waals surface area contributed by atoms with Gasteiger partial charge in [0.15, 0.2) is 12.4 Å². The Balaban J connectivity index is 2.06. The predicted molar refractivity (Wildman–Crippen MR) is 180 cm³/mol. The summed E-state index contributed by atoms with van der Waals surface area (Å²) in [6, 6.07) is 0. The molecule has 2 heterocycles. The topological polar surface area (TPSA) is 202 Å². The summed E-state index contributed by atoms with van der Waals surface area (Å²) >= 11 is 0. The van der Waals surface area contributed by atoms with Crippen LogP contribution in [0.25, 0.3) is 0 Å². The molecule has 2 rings (SSSR count). The van der Waals surface area contributed by atoms with Crippen LogP contribution >= 0.6 is 0 Å². The first-order valence-corrected chi connectivity index (χ1v) is 18.9. The Morgan fingerprint density at radius 3 is 1.55 bits per heavy atom. The van der Waals surface area contributed by atoms with Gasteiger partial charge >= 0.3 is 11.9 Å². The normalized spacial score (nSPS) is 30.0. The van der Waals surface area contributed by atoms with Crippen molar-refractivity contribution in [3.05, 3.63) is 0 Å². The fourth-order valence-corrected chi connectivity index (χ4v) is 6.37. The molecular weight excluding hydrogens is 640 g/mol. The van der Waals surface area contributed by atoms with E-state index in [0.29, 0.717) is 12.8 Å². The second kappa shape index (κ2) is 24.7. The summed E-state index contributed by atoms with van der Waals surface area (Å²) in [5.41, 5.74) is 0. The Morgan fingerprint density at radius 1 is 0.592 bits per heavy atom. The van der Waals surface area contributed by atoms with Gasteiger partial charge in [0.25, 0.3) is 0 Å². The van der Waals surface area contributed by atoms with E-state index in [1.54, 1.807) is 0 Å². The first-order chi connectivity index (χ1) is 23.6. The van der Waals surface area contributed by atoms with Crippen molar-refractivity contribution in [3.63, 3.8) is 0 Å². The minimum absolute atomic E-state index is 0.0391. The van der Waals surface area contributed by atoms with Crippen molar-refractivity contribution in [2.45, 2.75) is 197 Å². The molecule has 9 unspecified atom stereocenters. The molecule has 0 aliphatic carbocycles. The number of carbonyl (C=O) groups excluding carboxylic acids is 2. The largest absolute Gasteiger partial charge is 0.460 e. The van der Waals surface area contributed by atoms with E-state index in [-0.39, 0.29) is 12.8 Å². The Kier molecular flexibility index (Phi) is 22.1. The zero-order valence-corrected chi connectivity index (χ0v) is 29.9. The highest BCUT2D eigenvalue weighted by molar-refractivity contribution is 5.70. The van der Waals surface area contributed by atoms with Gasteiger partial charge in [-0.15, -0.1) is 0 Å². The van der Waals surface area contributed by atoms with Gasteiger partial charge in [0, 0.05) is 12.8 Å². The third-order valence-corrected chi connectivity index (χ3v) is 9.48. The first kappa shape index (κ1) is 43.7. The minimum Gasteiger partial charge on any atom is -0.460 e. The number of carbonyl (C=O) groups is 2. The maximum absolute atomic E-state index is 13.0. The molecule has 0 saturated carbocycles. The summed E-state index contributed by atoms with van der Waals surface area (Å²) < 4.78 is 28.5. The van der Waals surface area contributed by atoms with E-state index in [2.05, 4.69) is 13.8 Å². The van der Waals surface area contributed by atoms with Gasteiger partial charge in [0.05, 0.1) is 13.2 Å². The number of aliphatic hydroxyl groups excluding tert-OH is 6.